The van der Waals surface area contributed by atoms with E-state index < -0.39 is 0 Å². The molecule has 1 saturated heterocycles. The van der Waals surface area contributed by atoms with E-state index in [0.29, 0.717) is 17.6 Å². The lowest BCUT2D eigenvalue weighted by molar-refractivity contribution is -0.384. The summed E-state index contributed by atoms with van der Waals surface area (Å²) >= 11 is 1.72. The number of nitro benzene ring substituents is 1. The van der Waals surface area contributed by atoms with Crippen molar-refractivity contribution in [2.45, 2.75) is 33.2 Å². The van der Waals surface area contributed by atoms with Crippen LogP contribution in [0.25, 0.3) is 0 Å². The molecule has 0 radical (unpaired) electrons. The molecule has 1 heterocycles. The number of hydrogen-bond acceptors (Lipinski definition) is 4. The van der Waals surface area contributed by atoms with Crippen molar-refractivity contribution in [2.24, 2.45) is 10.9 Å². The number of amidine groups is 1. The summed E-state index contributed by atoms with van der Waals surface area (Å²) in [7, 11) is 2.05. The van der Waals surface area contributed by atoms with E-state index in [2.05, 4.69) is 30.8 Å². The average molecular weight is 307 g/mol. The van der Waals surface area contributed by atoms with Crippen molar-refractivity contribution >= 4 is 28.3 Å². The first kappa shape index (κ1) is 15.8. The lowest BCUT2D eigenvalue weighted by Gasteiger charge is -2.22. The highest BCUT2D eigenvalue weighted by molar-refractivity contribution is 8.14. The third kappa shape index (κ3) is 3.75. The largest absolute Gasteiger partial charge is 0.350 e. The van der Waals surface area contributed by atoms with Crippen LogP contribution in [0.1, 0.15) is 25.8 Å². The molecule has 6 heteroatoms. The highest BCUT2D eigenvalue weighted by Crippen LogP contribution is 2.31. The summed E-state index contributed by atoms with van der Waals surface area (Å²) in [5.41, 5.74) is 1.72. The Morgan fingerprint density at radius 1 is 1.52 bits per heavy atom. The number of thioether (sulfide) groups is 1. The van der Waals surface area contributed by atoms with Crippen LogP contribution in [-0.2, 0) is 0 Å². The van der Waals surface area contributed by atoms with Gasteiger partial charge in [0.1, 0.15) is 0 Å². The molecular weight excluding hydrogens is 286 g/mol. The molecule has 1 aromatic carbocycles. The Hall–Kier alpha value is -1.56. The summed E-state index contributed by atoms with van der Waals surface area (Å²) in [5, 5.41) is 11.8. The van der Waals surface area contributed by atoms with Crippen molar-refractivity contribution in [2.75, 3.05) is 12.8 Å². The lowest BCUT2D eigenvalue weighted by atomic mass is 10.0. The van der Waals surface area contributed by atoms with Crippen molar-refractivity contribution < 1.29 is 4.92 Å². The number of rotatable bonds is 4. The first-order chi connectivity index (χ1) is 9.88. The van der Waals surface area contributed by atoms with Gasteiger partial charge >= 0.3 is 0 Å². The Kier molecular flexibility index (Phi) is 4.88. The van der Waals surface area contributed by atoms with Gasteiger partial charge in [0.2, 0.25) is 0 Å². The van der Waals surface area contributed by atoms with Crippen LogP contribution in [0.2, 0.25) is 0 Å². The number of nitrogens with zero attached hydrogens (tertiary/aromatic N) is 3. The van der Waals surface area contributed by atoms with Crippen molar-refractivity contribution in [1.82, 2.24) is 4.90 Å². The SMILES string of the molecule is Cc1ccc([N+](=O)[O-])cc1N=C1SC[C@@H](CC(C)C)N1C. The second kappa shape index (κ2) is 6.47. The Balaban J connectivity index is 2.24. The molecule has 5 nitrogen and oxygen atoms in total. The standard InChI is InChI=1S/C15H21N3O2S/c1-10(2)7-13-9-21-15(17(13)4)16-14-8-12(18(19)20)6-5-11(14)3/h5-6,8,10,13H,7,9H2,1-4H3/t13-/m1/s1. The van der Waals surface area contributed by atoms with Crippen molar-refractivity contribution in [1.29, 1.82) is 0 Å². The summed E-state index contributed by atoms with van der Waals surface area (Å²) < 4.78 is 0. The van der Waals surface area contributed by atoms with E-state index in [4.69, 9.17) is 0 Å². The minimum absolute atomic E-state index is 0.0873. The van der Waals surface area contributed by atoms with Gasteiger partial charge in [0.25, 0.3) is 5.69 Å². The molecule has 0 aliphatic carbocycles. The summed E-state index contributed by atoms with van der Waals surface area (Å²) in [6.45, 7) is 6.37. The third-order valence-electron chi connectivity index (χ3n) is 3.62. The van der Waals surface area contributed by atoms with E-state index in [9.17, 15) is 10.1 Å². The molecule has 0 bridgehead atoms. The van der Waals surface area contributed by atoms with Crippen molar-refractivity contribution in [3.05, 3.63) is 33.9 Å². The maximum Gasteiger partial charge on any atom is 0.271 e. The van der Waals surface area contributed by atoms with Crippen molar-refractivity contribution in [3.8, 4) is 0 Å². The summed E-state index contributed by atoms with van der Waals surface area (Å²) in [6.07, 6.45) is 1.14. The quantitative estimate of drug-likeness (QED) is 0.623. The Morgan fingerprint density at radius 3 is 2.86 bits per heavy atom. The van der Waals surface area contributed by atoms with Gasteiger partial charge in [-0.3, -0.25) is 10.1 Å². The maximum absolute atomic E-state index is 10.9. The lowest BCUT2D eigenvalue weighted by Crippen LogP contribution is -2.30. The van der Waals surface area contributed by atoms with Crippen LogP contribution < -0.4 is 0 Å². The molecule has 0 N–H and O–H groups in total. The van der Waals surface area contributed by atoms with Crippen molar-refractivity contribution in [3.63, 3.8) is 0 Å². The van der Waals surface area contributed by atoms with Gasteiger partial charge in [-0.25, -0.2) is 4.99 Å². The molecular formula is C15H21N3O2S. The smallest absolute Gasteiger partial charge is 0.271 e. The van der Waals surface area contributed by atoms with Crippen LogP contribution in [0.15, 0.2) is 23.2 Å². The molecule has 1 atom stereocenters. The van der Waals surface area contributed by atoms with E-state index in [0.717, 1.165) is 22.9 Å². The van der Waals surface area contributed by atoms with Crippen LogP contribution in [-0.4, -0.2) is 33.8 Å². The normalized spacial score (nSPS) is 20.5. The highest BCUT2D eigenvalue weighted by atomic mass is 32.2. The number of nitro groups is 1. The van der Waals surface area contributed by atoms with Crippen LogP contribution in [0.3, 0.4) is 0 Å². The zero-order chi connectivity index (χ0) is 15.6. The molecule has 114 valence electrons. The maximum atomic E-state index is 10.9. The van der Waals surface area contributed by atoms with E-state index in [-0.39, 0.29) is 10.6 Å². The molecule has 2 rings (SSSR count). The Morgan fingerprint density at radius 2 is 2.24 bits per heavy atom. The van der Waals surface area contributed by atoms with E-state index in [1.165, 1.54) is 6.07 Å². The highest BCUT2D eigenvalue weighted by Gasteiger charge is 2.27. The fourth-order valence-corrected chi connectivity index (χ4v) is 3.57. The molecule has 1 aliphatic heterocycles. The van der Waals surface area contributed by atoms with Crippen LogP contribution in [0.5, 0.6) is 0 Å². The monoisotopic (exact) mass is 307 g/mol. The fourth-order valence-electron chi connectivity index (χ4n) is 2.36. The zero-order valence-electron chi connectivity index (χ0n) is 12.9. The first-order valence-electron chi connectivity index (χ1n) is 7.08. The van der Waals surface area contributed by atoms with E-state index in [1.807, 2.05) is 6.92 Å². The van der Waals surface area contributed by atoms with E-state index >= 15 is 0 Å². The molecule has 0 amide bonds. The number of non-ortho nitro benzene ring substituents is 1. The van der Waals surface area contributed by atoms with Gasteiger partial charge < -0.3 is 4.90 Å². The first-order valence-corrected chi connectivity index (χ1v) is 8.06. The molecule has 0 unspecified atom stereocenters. The number of aryl methyl sites for hydroxylation is 1. The predicted molar refractivity (Wildman–Crippen MR) is 88.4 cm³/mol. The zero-order valence-corrected chi connectivity index (χ0v) is 13.7. The van der Waals surface area contributed by atoms with Gasteiger partial charge in [-0.2, -0.15) is 0 Å². The minimum Gasteiger partial charge on any atom is -0.350 e. The second-order valence-corrected chi connectivity index (χ2v) is 6.81. The summed E-state index contributed by atoms with van der Waals surface area (Å²) in [4.78, 5) is 17.3. The van der Waals surface area contributed by atoms with Crippen LogP contribution in [0, 0.1) is 23.0 Å². The van der Waals surface area contributed by atoms with Gasteiger partial charge in [-0.15, -0.1) is 0 Å². The summed E-state index contributed by atoms with van der Waals surface area (Å²) in [5.74, 6) is 1.68. The molecule has 0 aromatic heterocycles. The predicted octanol–water partition coefficient (Wildman–Crippen LogP) is 3.98. The Bertz CT molecular complexity index is 572. The topological polar surface area (TPSA) is 58.7 Å². The molecule has 0 spiro atoms. The van der Waals surface area contributed by atoms with Gasteiger partial charge in [0.05, 0.1) is 10.6 Å². The Labute approximate surface area is 129 Å². The molecule has 1 aromatic rings. The molecule has 0 saturated carbocycles. The number of benzene rings is 1. The molecule has 21 heavy (non-hydrogen) atoms. The fraction of sp³-hybridized carbons (Fsp3) is 0.533. The second-order valence-electron chi connectivity index (χ2n) is 5.83. The third-order valence-corrected chi connectivity index (χ3v) is 4.81. The number of hydrogen-bond donors (Lipinski definition) is 0. The average Bonchev–Trinajstić information content (AvgIpc) is 2.73. The molecule has 1 fully saturated rings. The van der Waals surface area contributed by atoms with Gasteiger partial charge in [-0.1, -0.05) is 31.7 Å². The van der Waals surface area contributed by atoms with Crippen LogP contribution >= 0.6 is 11.8 Å². The summed E-state index contributed by atoms with van der Waals surface area (Å²) in [6, 6.07) is 5.31. The van der Waals surface area contributed by atoms with Crippen LogP contribution in [0.4, 0.5) is 11.4 Å². The van der Waals surface area contributed by atoms with Gasteiger partial charge in [0, 0.05) is 31.0 Å². The van der Waals surface area contributed by atoms with E-state index in [1.54, 1.807) is 23.9 Å². The van der Waals surface area contributed by atoms with Gasteiger partial charge in [0.15, 0.2) is 5.17 Å². The minimum atomic E-state index is -0.379. The number of aliphatic imine (C=N–C) groups is 1. The van der Waals surface area contributed by atoms with Gasteiger partial charge in [-0.05, 0) is 24.8 Å². The molecule has 1 aliphatic rings.